The van der Waals surface area contributed by atoms with Crippen LogP contribution in [0.5, 0.6) is 0 Å². The van der Waals surface area contributed by atoms with Gasteiger partial charge in [-0.2, -0.15) is 12.8 Å². The summed E-state index contributed by atoms with van der Waals surface area (Å²) in [5.41, 5.74) is 7.88. The van der Waals surface area contributed by atoms with Crippen molar-refractivity contribution in [2.24, 2.45) is 0 Å². The van der Waals surface area contributed by atoms with Crippen molar-refractivity contribution in [3.63, 3.8) is 0 Å². The van der Waals surface area contributed by atoms with Crippen LogP contribution in [0.4, 0.5) is 0 Å². The minimum Gasteiger partial charge on any atom is -1.00 e. The minimum atomic E-state index is -0.386. The number of benzene rings is 5. The smallest absolute Gasteiger partial charge is 1.00 e. The molecular formula is C94H151AlClI2LiN6O3. The van der Waals surface area contributed by atoms with Gasteiger partial charge in [0.05, 0.1) is 64.2 Å². The van der Waals surface area contributed by atoms with Crippen LogP contribution in [-0.2, 0) is 36.7 Å². The molecule has 5 heterocycles. The van der Waals surface area contributed by atoms with E-state index < -0.39 is 0 Å². The van der Waals surface area contributed by atoms with Crippen molar-refractivity contribution in [2.45, 2.75) is 266 Å². The Hall–Kier alpha value is -2.12. The Kier molecular flexibility index (Phi) is 47.7. The molecule has 0 bridgehead atoms. The fraction of sp³-hybridized carbons (Fsp3) is 0.649. The van der Waals surface area contributed by atoms with E-state index in [4.69, 9.17) is 11.6 Å². The van der Waals surface area contributed by atoms with E-state index >= 15 is 0 Å². The zero-order valence-corrected chi connectivity index (χ0v) is 73.6. The van der Waals surface area contributed by atoms with E-state index in [0.717, 1.165) is 57.2 Å². The third-order valence-electron chi connectivity index (χ3n) is 26.3. The number of rotatable bonds is 16. The van der Waals surface area contributed by atoms with Gasteiger partial charge >= 0.3 is 18.9 Å². The molecule has 0 spiro atoms. The summed E-state index contributed by atoms with van der Waals surface area (Å²) >= 11 is 7.89. The van der Waals surface area contributed by atoms with E-state index in [0.29, 0.717) is 22.2 Å². The number of quaternary nitrogens is 2. The number of likely N-dealkylation sites (tertiary alicyclic amines) is 4. The van der Waals surface area contributed by atoms with Crippen LogP contribution in [0.25, 0.3) is 0 Å². The molecule has 5 saturated heterocycles. The number of halogens is 3. The molecule has 10 aliphatic rings. The number of nitrogens with one attached hydrogen (secondary N) is 1. The van der Waals surface area contributed by atoms with E-state index in [1.54, 1.807) is 16.7 Å². The second-order valence-corrected chi connectivity index (χ2v) is 34.0. The number of piperidine rings is 5. The molecule has 1 amide bonds. The van der Waals surface area contributed by atoms with Crippen molar-refractivity contribution >= 4 is 62.7 Å². The van der Waals surface area contributed by atoms with Crippen LogP contribution in [0, 0.1) is 6.42 Å². The quantitative estimate of drug-likeness (QED) is 0.0266. The largest absolute Gasteiger partial charge is 1.00 e. The van der Waals surface area contributed by atoms with Gasteiger partial charge in [-0.3, -0.25) is 9.59 Å². The topological polar surface area (TPSA) is 87.4 Å². The molecule has 1 unspecified atom stereocenters. The fourth-order valence-corrected chi connectivity index (χ4v) is 20.7. The third kappa shape index (κ3) is 29.3. The molecule has 9 nitrogen and oxygen atoms in total. The molecule has 5 aromatic carbocycles. The number of hydrogen-bond acceptors (Lipinski definition) is 5. The Morgan fingerprint density at radius 1 is 0.444 bits per heavy atom. The fourth-order valence-electron chi connectivity index (χ4n) is 20.4. The molecule has 1 atom stereocenters. The maximum atomic E-state index is 13.0. The Morgan fingerprint density at radius 2 is 0.769 bits per heavy atom. The third-order valence-corrected chi connectivity index (χ3v) is 26.7. The predicted octanol–water partition coefficient (Wildman–Crippen LogP) is 14.1. The number of amides is 1. The molecule has 10 fully saturated rings. The van der Waals surface area contributed by atoms with Crippen LogP contribution < -0.4 is 48.2 Å². The van der Waals surface area contributed by atoms with Crippen molar-refractivity contribution in [2.75, 3.05) is 124 Å². The average Bonchev–Trinajstić information content (AvgIpc) is 1.76. The molecule has 5 aliphatic heterocycles. The van der Waals surface area contributed by atoms with Gasteiger partial charge in [0.25, 0.3) is 0 Å². The molecule has 14 heteroatoms. The summed E-state index contributed by atoms with van der Waals surface area (Å²) in [7, 11) is 4.99. The Labute approximate surface area is 720 Å². The minimum absolute atomic E-state index is 0. The van der Waals surface area contributed by atoms with E-state index in [2.05, 4.69) is 199 Å². The molecular weight excluding hydrogens is 1580 g/mol. The Morgan fingerprint density at radius 3 is 1.12 bits per heavy atom. The van der Waals surface area contributed by atoms with E-state index in [-0.39, 0.29) is 83.2 Å². The van der Waals surface area contributed by atoms with Crippen molar-refractivity contribution in [3.05, 3.63) is 186 Å². The van der Waals surface area contributed by atoms with Gasteiger partial charge in [0.15, 0.2) is 17.4 Å². The van der Waals surface area contributed by atoms with Crippen molar-refractivity contribution in [1.29, 1.82) is 0 Å². The van der Waals surface area contributed by atoms with Gasteiger partial charge in [-0.1, -0.05) is 266 Å². The summed E-state index contributed by atoms with van der Waals surface area (Å²) in [5.74, 6) is 0.399. The summed E-state index contributed by atoms with van der Waals surface area (Å²) in [4.78, 5) is 33.8. The molecule has 0 radical (unpaired) electrons. The predicted molar refractivity (Wildman–Crippen MR) is 468 cm³/mol. The van der Waals surface area contributed by atoms with Gasteiger partial charge in [0.1, 0.15) is 0 Å². The normalized spacial score (nSPS) is 22.4. The van der Waals surface area contributed by atoms with Gasteiger partial charge in [-0.15, -0.1) is 0 Å². The average molecular weight is 1740 g/mol. The first-order valence-electron chi connectivity index (χ1n) is 42.6. The molecule has 5 aromatic rings. The van der Waals surface area contributed by atoms with Crippen LogP contribution in [0.2, 0.25) is 0 Å². The van der Waals surface area contributed by atoms with Crippen molar-refractivity contribution < 1.29 is 68.3 Å². The number of carbonyl (C=O) groups is 2. The second kappa shape index (κ2) is 52.5. The summed E-state index contributed by atoms with van der Waals surface area (Å²) in [5, 5.41) is 3.09. The molecule has 0 aromatic heterocycles. The van der Waals surface area contributed by atoms with Crippen molar-refractivity contribution in [1.82, 2.24) is 20.0 Å². The van der Waals surface area contributed by atoms with Crippen LogP contribution >= 0.6 is 34.2 Å². The summed E-state index contributed by atoms with van der Waals surface area (Å²) in [6.07, 6.45) is 46.9. The number of hydrogen-bond donors (Lipinski definition) is 1. The Bertz CT molecular complexity index is 2990. The van der Waals surface area contributed by atoms with Gasteiger partial charge in [-0.05, 0) is 225 Å². The van der Waals surface area contributed by atoms with Gasteiger partial charge in [-0.25, -0.2) is 0 Å². The van der Waals surface area contributed by atoms with Gasteiger partial charge in [0, 0.05) is 35.9 Å². The molecule has 5 saturated carbocycles. The second-order valence-electron chi connectivity index (χ2n) is 33.7. The molecule has 600 valence electrons. The first-order valence-corrected chi connectivity index (χ1v) is 45.1. The summed E-state index contributed by atoms with van der Waals surface area (Å²) < 4.78 is 2.61. The van der Waals surface area contributed by atoms with Crippen LogP contribution in [0.1, 0.15) is 268 Å². The SMILES string of the molecule is C1CCNCC1.CCN(CC)CC.CI.C[N+]1(CC2(c3ccccc3)CCCC2)CCCCC1.C[N+]1(CC2(c3ccccc3)C[CH-]CC2)CCCCC1.O.O=C(Cl)C1(c2ccccc2)CCCC1.O=C(N1CCCCC1)C1(c2ccccc2)CCCC1.[AlH3].[H-].[I-].[Li+].c1ccc(C2(CN3CCCCC3)CCCC2)cc1. The Balaban J connectivity index is 0.000000334. The van der Waals surface area contributed by atoms with E-state index in [9.17, 15) is 9.59 Å². The van der Waals surface area contributed by atoms with Crippen LogP contribution in [-0.4, -0.2) is 181 Å². The number of carbonyl (C=O) groups excluding carboxylic acids is 2. The van der Waals surface area contributed by atoms with Crippen LogP contribution in [0.3, 0.4) is 0 Å². The zero-order chi connectivity index (χ0) is 73.7. The number of nitrogens with zero attached hydrogens (tertiary/aromatic N) is 5. The maximum absolute atomic E-state index is 13.0. The van der Waals surface area contributed by atoms with Crippen molar-refractivity contribution in [3.8, 4) is 0 Å². The standard InChI is InChI=1S/C18H28N.C18H27N.C17H23NO.C17H25N.C12H13ClO.C6H15N.C5H11N.CH3I.Al.HI.Li.H2O.4H/c2*1-19(14-8-3-9-15-19)16-18(12-6-7-13-18)17-10-4-2-5-11-17;19-16(18-13-7-2-8-14-18)17(11-5-6-12-17)15-9-3-1-4-10-15;1-3-9-16(10-4-1)17(11-5-6-12-17)15-18-13-7-2-8-14-18;13-11(14)12(8-4-5-9-12)10-6-2-1-3-7-10;1-4-7(5-2)6-3;1-2-4-6-5-3-1;1-2;;;;;;;;/h2,4-5,10-11H,3,6-9,12-16H2,1H3;2,4-6,10-11H,3,7-9,12-16H2,1H3;1,3-4,9-10H,2,5-8,11-14H2;1,3-4,9-10H,2,5-8,11-15H2;1-3,6-7H,4-5,8-9H2;4-6H2,1-3H3;6H,1-5H2;1H3;;1H;;1H2;;;;/q+1;;;;;;;;;;+1;;;;;-1/p-1. The molecule has 108 heavy (non-hydrogen) atoms. The number of likely N-dealkylation sites (N-methyl/N-ethyl adjacent to an activating group) is 2. The molecule has 15 rings (SSSR count). The maximum Gasteiger partial charge on any atom is 1.00 e. The monoisotopic (exact) mass is 1730 g/mol. The van der Waals surface area contributed by atoms with E-state index in [1.165, 1.54) is 286 Å². The molecule has 3 N–H and O–H groups in total. The van der Waals surface area contributed by atoms with Gasteiger partial charge in [0.2, 0.25) is 11.1 Å². The van der Waals surface area contributed by atoms with E-state index in [1.807, 2.05) is 41.3 Å². The zero-order valence-electron chi connectivity index (χ0n) is 69.6. The summed E-state index contributed by atoms with van der Waals surface area (Å²) in [6.45, 7) is 26.8. The number of alkyl halides is 1. The first kappa shape index (κ1) is 98.2. The summed E-state index contributed by atoms with van der Waals surface area (Å²) in [6, 6.07) is 54.3. The van der Waals surface area contributed by atoms with Gasteiger partial charge < -0.3 is 66.3 Å². The van der Waals surface area contributed by atoms with Crippen LogP contribution in [0.15, 0.2) is 152 Å². The first-order chi connectivity index (χ1) is 50.8. The molecule has 5 aliphatic carbocycles.